The van der Waals surface area contributed by atoms with E-state index in [0.29, 0.717) is 11.3 Å². The van der Waals surface area contributed by atoms with Gasteiger partial charge in [0.25, 0.3) is 0 Å². The topological polar surface area (TPSA) is 120 Å². The molecule has 0 atom stereocenters. The van der Waals surface area contributed by atoms with Crippen LogP contribution in [0.2, 0.25) is 5.02 Å². The van der Waals surface area contributed by atoms with E-state index in [0.717, 1.165) is 4.31 Å². The number of halogens is 1. The fraction of sp³-hybridized carbons (Fsp3) is 0.231. The number of esters is 1. The monoisotopic (exact) mass is 562 g/mol. The number of hydrogen-bond acceptors (Lipinski definition) is 8. The third-order valence-corrected chi connectivity index (χ3v) is 7.57. The van der Waals surface area contributed by atoms with Crippen molar-refractivity contribution in [3.63, 3.8) is 0 Å². The molecule has 3 aromatic rings. The smallest absolute Gasteiger partial charge is 0.340 e. The molecule has 0 aliphatic carbocycles. The average molecular weight is 563 g/mol. The first kappa shape index (κ1) is 28.8. The molecule has 10 nitrogen and oxygen atoms in total. The van der Waals surface area contributed by atoms with Crippen LogP contribution in [0.5, 0.6) is 17.2 Å². The van der Waals surface area contributed by atoms with Crippen LogP contribution < -0.4 is 19.5 Å². The van der Waals surface area contributed by atoms with Crippen LogP contribution in [-0.2, 0) is 26.1 Å². The molecule has 0 radical (unpaired) electrons. The molecule has 38 heavy (non-hydrogen) atoms. The van der Waals surface area contributed by atoms with Crippen LogP contribution in [0.1, 0.15) is 15.9 Å². The zero-order valence-corrected chi connectivity index (χ0v) is 22.8. The average Bonchev–Trinajstić information content (AvgIpc) is 2.92. The van der Waals surface area contributed by atoms with Gasteiger partial charge in [0.15, 0.2) is 11.5 Å². The van der Waals surface area contributed by atoms with Crippen molar-refractivity contribution in [3.05, 3.63) is 76.8 Å². The molecule has 202 valence electrons. The molecule has 3 aromatic carbocycles. The lowest BCUT2D eigenvalue weighted by Gasteiger charge is -2.23. The van der Waals surface area contributed by atoms with E-state index in [1.807, 2.05) is 0 Å². The lowest BCUT2D eigenvalue weighted by Crippen LogP contribution is -2.37. The first-order valence-corrected chi connectivity index (χ1v) is 13.0. The molecule has 12 heteroatoms. The zero-order chi connectivity index (χ0) is 27.9. The van der Waals surface area contributed by atoms with Gasteiger partial charge < -0.3 is 24.3 Å². The van der Waals surface area contributed by atoms with E-state index in [4.69, 9.17) is 30.5 Å². The Balaban J connectivity index is 1.98. The van der Waals surface area contributed by atoms with E-state index < -0.39 is 28.4 Å². The molecule has 0 aliphatic rings. The van der Waals surface area contributed by atoms with E-state index in [9.17, 15) is 18.0 Å². The van der Waals surface area contributed by atoms with Crippen LogP contribution in [0.25, 0.3) is 0 Å². The van der Waals surface area contributed by atoms with Gasteiger partial charge in [0, 0.05) is 18.7 Å². The van der Waals surface area contributed by atoms with E-state index >= 15 is 0 Å². The highest BCUT2D eigenvalue weighted by molar-refractivity contribution is 7.89. The maximum atomic E-state index is 13.6. The van der Waals surface area contributed by atoms with E-state index in [2.05, 4.69) is 5.32 Å². The van der Waals surface area contributed by atoms with Crippen molar-refractivity contribution >= 4 is 39.2 Å². The molecule has 0 saturated carbocycles. The van der Waals surface area contributed by atoms with Gasteiger partial charge in [-0.3, -0.25) is 4.79 Å². The zero-order valence-electron chi connectivity index (χ0n) is 21.2. The van der Waals surface area contributed by atoms with Crippen molar-refractivity contribution in [2.24, 2.45) is 0 Å². The van der Waals surface area contributed by atoms with Gasteiger partial charge in [-0.05, 0) is 23.8 Å². The summed E-state index contributed by atoms with van der Waals surface area (Å²) < 4.78 is 48.7. The number of anilines is 1. The summed E-state index contributed by atoms with van der Waals surface area (Å²) in [5, 5.41) is 2.70. The van der Waals surface area contributed by atoms with Crippen LogP contribution >= 0.6 is 11.6 Å². The van der Waals surface area contributed by atoms with E-state index in [1.54, 1.807) is 30.3 Å². The molecule has 0 aliphatic heterocycles. The highest BCUT2D eigenvalue weighted by Crippen LogP contribution is 2.34. The number of benzene rings is 3. The van der Waals surface area contributed by atoms with Gasteiger partial charge in [0.05, 0.1) is 56.2 Å². The Morgan fingerprint density at radius 1 is 0.868 bits per heavy atom. The summed E-state index contributed by atoms with van der Waals surface area (Å²) >= 11 is 6.17. The molecule has 0 heterocycles. The Morgan fingerprint density at radius 3 is 2.08 bits per heavy atom. The molecule has 3 rings (SSSR count). The van der Waals surface area contributed by atoms with Gasteiger partial charge in [-0.1, -0.05) is 41.9 Å². The molecule has 1 amide bonds. The summed E-state index contributed by atoms with van der Waals surface area (Å²) in [4.78, 5) is 25.4. The minimum absolute atomic E-state index is 0.00194. The van der Waals surface area contributed by atoms with Crippen molar-refractivity contribution in [3.8, 4) is 17.2 Å². The molecular formula is C26H27ClN2O8S. The summed E-state index contributed by atoms with van der Waals surface area (Å²) in [6.07, 6.45) is 0. The van der Waals surface area contributed by atoms with Gasteiger partial charge in [-0.2, -0.15) is 4.31 Å². The van der Waals surface area contributed by atoms with Gasteiger partial charge in [-0.25, -0.2) is 13.2 Å². The summed E-state index contributed by atoms with van der Waals surface area (Å²) in [5.74, 6) is -0.640. The Labute approximate surface area is 226 Å². The van der Waals surface area contributed by atoms with Crippen molar-refractivity contribution in [2.45, 2.75) is 11.4 Å². The Morgan fingerprint density at radius 2 is 1.50 bits per heavy atom. The minimum Gasteiger partial charge on any atom is -0.495 e. The number of carbonyl (C=O) groups excluding carboxylic acids is 2. The second kappa shape index (κ2) is 12.6. The molecule has 0 bridgehead atoms. The molecule has 0 saturated heterocycles. The number of carbonyl (C=O) groups is 2. The first-order valence-electron chi connectivity index (χ1n) is 11.2. The van der Waals surface area contributed by atoms with Crippen LogP contribution in [-0.4, -0.2) is 59.6 Å². The van der Waals surface area contributed by atoms with Crippen LogP contribution in [0.3, 0.4) is 0 Å². The second-order valence-electron chi connectivity index (χ2n) is 7.85. The molecule has 0 spiro atoms. The summed E-state index contributed by atoms with van der Waals surface area (Å²) in [6.45, 7) is -0.675. The third kappa shape index (κ3) is 6.55. The summed E-state index contributed by atoms with van der Waals surface area (Å²) in [6, 6.07) is 15.6. The lowest BCUT2D eigenvalue weighted by molar-refractivity contribution is -0.116. The quantitative estimate of drug-likeness (QED) is 0.348. The number of hydrogen-bond donors (Lipinski definition) is 1. The SMILES string of the molecule is COC(=O)c1cc(OC)c(OC)cc1NC(=O)CN(Cc1ccccc1)S(=O)(=O)c1ccc(OC)c(Cl)c1. The molecule has 0 fully saturated rings. The first-order chi connectivity index (χ1) is 18.1. The summed E-state index contributed by atoms with van der Waals surface area (Å²) in [7, 11) is 1.21. The van der Waals surface area contributed by atoms with Crippen molar-refractivity contribution in [1.29, 1.82) is 0 Å². The van der Waals surface area contributed by atoms with E-state index in [-0.39, 0.29) is 39.2 Å². The minimum atomic E-state index is -4.19. The molecule has 1 N–H and O–H groups in total. The van der Waals surface area contributed by atoms with Gasteiger partial charge in [0.1, 0.15) is 5.75 Å². The molecular weight excluding hydrogens is 536 g/mol. The number of sulfonamides is 1. The van der Waals surface area contributed by atoms with Crippen molar-refractivity contribution in [1.82, 2.24) is 4.31 Å². The number of nitrogens with one attached hydrogen (secondary N) is 1. The van der Waals surface area contributed by atoms with Gasteiger partial charge in [-0.15, -0.1) is 0 Å². The predicted molar refractivity (Wildman–Crippen MR) is 142 cm³/mol. The number of nitrogens with zero attached hydrogens (tertiary/aromatic N) is 1. The molecule has 0 unspecified atom stereocenters. The Hall–Kier alpha value is -3.80. The Kier molecular flexibility index (Phi) is 9.56. The summed E-state index contributed by atoms with van der Waals surface area (Å²) in [5.41, 5.74) is 0.715. The number of ether oxygens (including phenoxy) is 4. The van der Waals surface area contributed by atoms with E-state index in [1.165, 1.54) is 58.8 Å². The maximum Gasteiger partial charge on any atom is 0.340 e. The maximum absolute atomic E-state index is 13.6. The van der Waals surface area contributed by atoms with Crippen LogP contribution in [0, 0.1) is 0 Å². The normalized spacial score (nSPS) is 11.1. The van der Waals surface area contributed by atoms with Crippen molar-refractivity contribution in [2.75, 3.05) is 40.3 Å². The highest BCUT2D eigenvalue weighted by Gasteiger charge is 2.29. The largest absolute Gasteiger partial charge is 0.495 e. The van der Waals surface area contributed by atoms with Crippen LogP contribution in [0.4, 0.5) is 5.69 Å². The van der Waals surface area contributed by atoms with Crippen LogP contribution in [0.15, 0.2) is 65.6 Å². The number of methoxy groups -OCH3 is 4. The fourth-order valence-corrected chi connectivity index (χ4v) is 5.31. The fourth-order valence-electron chi connectivity index (χ4n) is 3.58. The predicted octanol–water partition coefficient (Wildman–Crippen LogP) is 3.98. The van der Waals surface area contributed by atoms with Gasteiger partial charge in [0.2, 0.25) is 15.9 Å². The van der Waals surface area contributed by atoms with Crippen molar-refractivity contribution < 1.29 is 37.0 Å². The molecule has 0 aromatic heterocycles. The standard InChI is InChI=1S/C26H27ClN2O8S/c1-34-22-11-10-18(12-20(22)27)38(32,33)29(15-17-8-6-5-7-9-17)16-25(30)28-21-14-24(36-3)23(35-2)13-19(21)26(31)37-4/h5-14H,15-16H2,1-4H3,(H,28,30). The van der Waals surface area contributed by atoms with Gasteiger partial charge >= 0.3 is 5.97 Å². The lowest BCUT2D eigenvalue weighted by atomic mass is 10.1. The number of rotatable bonds is 11. The second-order valence-corrected chi connectivity index (χ2v) is 10.2. The Bertz CT molecular complexity index is 1410. The number of amides is 1. The highest BCUT2D eigenvalue weighted by atomic mass is 35.5. The third-order valence-electron chi connectivity index (χ3n) is 5.49.